The number of halogens is 3. The normalized spacial score (nSPS) is 26.0. The number of hydrogen-bond acceptors (Lipinski definition) is 5. The van der Waals surface area contributed by atoms with E-state index < -0.39 is 42.5 Å². The third kappa shape index (κ3) is 3.64. The standard InChI is InChI=1S/C12H13F3N2O5/c13-12(14,15)2-1-6-4-17(11(21)16-10(6)20)9-3-7(19)8(5-18)22-9/h1-2,4,7-9,18-19H,3,5H2,(H,16,20,21)/t7-,8+,9+/m0/s1. The van der Waals surface area contributed by atoms with Gasteiger partial charge in [0, 0.05) is 18.7 Å². The summed E-state index contributed by atoms with van der Waals surface area (Å²) in [7, 11) is 0. The number of H-pyrrole nitrogens is 1. The summed E-state index contributed by atoms with van der Waals surface area (Å²) < 4.78 is 42.5. The molecule has 0 unspecified atom stereocenters. The Morgan fingerprint density at radius 1 is 1.45 bits per heavy atom. The van der Waals surface area contributed by atoms with Crippen molar-refractivity contribution in [2.24, 2.45) is 0 Å². The summed E-state index contributed by atoms with van der Waals surface area (Å²) in [4.78, 5) is 25.1. The summed E-state index contributed by atoms with van der Waals surface area (Å²) in [6.45, 7) is -0.476. The van der Waals surface area contributed by atoms with Crippen molar-refractivity contribution in [3.8, 4) is 0 Å². The first-order valence-corrected chi connectivity index (χ1v) is 6.27. The Balaban J connectivity index is 2.36. The molecule has 3 atom stereocenters. The van der Waals surface area contributed by atoms with E-state index in [1.165, 1.54) is 0 Å². The lowest BCUT2D eigenvalue weighted by Crippen LogP contribution is -2.33. The molecule has 7 nitrogen and oxygen atoms in total. The van der Waals surface area contributed by atoms with Crippen LogP contribution in [0.4, 0.5) is 13.2 Å². The number of hydrogen-bond donors (Lipinski definition) is 3. The second-order valence-electron chi connectivity index (χ2n) is 4.74. The fraction of sp³-hybridized carbons (Fsp3) is 0.500. The van der Waals surface area contributed by atoms with E-state index in [0.717, 1.165) is 10.8 Å². The van der Waals surface area contributed by atoms with Crippen LogP contribution in [0.15, 0.2) is 21.9 Å². The molecule has 122 valence electrons. The van der Waals surface area contributed by atoms with Crippen LogP contribution in [-0.4, -0.2) is 44.8 Å². The first kappa shape index (κ1) is 16.5. The van der Waals surface area contributed by atoms with Crippen molar-refractivity contribution in [2.75, 3.05) is 6.61 Å². The van der Waals surface area contributed by atoms with Gasteiger partial charge in [-0.1, -0.05) is 0 Å². The first-order chi connectivity index (χ1) is 10.2. The van der Waals surface area contributed by atoms with Crippen LogP contribution < -0.4 is 11.2 Å². The van der Waals surface area contributed by atoms with E-state index in [9.17, 15) is 27.9 Å². The molecule has 0 aliphatic carbocycles. The van der Waals surface area contributed by atoms with Gasteiger partial charge in [-0.3, -0.25) is 14.3 Å². The van der Waals surface area contributed by atoms with Crippen molar-refractivity contribution in [1.82, 2.24) is 9.55 Å². The molecular weight excluding hydrogens is 309 g/mol. The van der Waals surface area contributed by atoms with Crippen molar-refractivity contribution in [1.29, 1.82) is 0 Å². The zero-order valence-electron chi connectivity index (χ0n) is 11.1. The Morgan fingerprint density at radius 3 is 2.68 bits per heavy atom. The number of nitrogens with zero attached hydrogens (tertiary/aromatic N) is 1. The van der Waals surface area contributed by atoms with Crippen LogP contribution in [0.25, 0.3) is 6.08 Å². The molecule has 0 radical (unpaired) electrons. The highest BCUT2D eigenvalue weighted by Crippen LogP contribution is 2.27. The smallest absolute Gasteiger partial charge is 0.394 e. The average Bonchev–Trinajstić information content (AvgIpc) is 2.77. The van der Waals surface area contributed by atoms with Crippen molar-refractivity contribution in [3.05, 3.63) is 38.7 Å². The van der Waals surface area contributed by atoms with Gasteiger partial charge in [0.05, 0.1) is 18.3 Å². The second kappa shape index (κ2) is 6.07. The predicted octanol–water partition coefficient (Wildman–Crippen LogP) is -0.247. The Morgan fingerprint density at radius 2 is 2.14 bits per heavy atom. The van der Waals surface area contributed by atoms with Crippen molar-refractivity contribution >= 4 is 6.08 Å². The molecule has 1 aliphatic heterocycles. The Bertz CT molecular complexity index is 679. The summed E-state index contributed by atoms with van der Waals surface area (Å²) >= 11 is 0. The molecule has 1 aromatic rings. The molecule has 0 aromatic carbocycles. The monoisotopic (exact) mass is 322 g/mol. The zero-order chi connectivity index (χ0) is 16.5. The summed E-state index contributed by atoms with van der Waals surface area (Å²) in [5.74, 6) is 0. The van der Waals surface area contributed by atoms with Crippen molar-refractivity contribution in [3.63, 3.8) is 0 Å². The molecule has 0 bridgehead atoms. The van der Waals surface area contributed by atoms with Crippen LogP contribution >= 0.6 is 0 Å². The maximum absolute atomic E-state index is 12.1. The largest absolute Gasteiger partial charge is 0.409 e. The van der Waals surface area contributed by atoms with Gasteiger partial charge < -0.3 is 14.9 Å². The van der Waals surface area contributed by atoms with Gasteiger partial charge in [0.25, 0.3) is 5.56 Å². The topological polar surface area (TPSA) is 105 Å². The van der Waals surface area contributed by atoms with E-state index in [-0.39, 0.29) is 18.1 Å². The van der Waals surface area contributed by atoms with Crippen LogP contribution in [0.3, 0.4) is 0 Å². The molecule has 1 aromatic heterocycles. The molecule has 1 fully saturated rings. The summed E-state index contributed by atoms with van der Waals surface area (Å²) in [5.41, 5.74) is -2.24. The van der Waals surface area contributed by atoms with Crippen molar-refractivity contribution < 1.29 is 28.1 Å². The molecule has 0 saturated carbocycles. The molecule has 10 heteroatoms. The van der Waals surface area contributed by atoms with Crippen LogP contribution in [0.2, 0.25) is 0 Å². The number of aliphatic hydroxyl groups excluding tert-OH is 2. The van der Waals surface area contributed by atoms with Gasteiger partial charge >= 0.3 is 11.9 Å². The molecule has 0 amide bonds. The number of aliphatic hydroxyl groups is 2. The molecule has 0 spiro atoms. The average molecular weight is 322 g/mol. The van der Waals surface area contributed by atoms with Crippen LogP contribution in [0.5, 0.6) is 0 Å². The van der Waals surface area contributed by atoms with Gasteiger partial charge in [0.15, 0.2) is 0 Å². The number of alkyl halides is 3. The molecular formula is C12H13F3N2O5. The minimum absolute atomic E-state index is 0.0421. The van der Waals surface area contributed by atoms with Crippen LogP contribution in [0, 0.1) is 0 Å². The minimum atomic E-state index is -4.60. The Labute approximate surface area is 121 Å². The highest BCUT2D eigenvalue weighted by Gasteiger charge is 2.35. The lowest BCUT2D eigenvalue weighted by Gasteiger charge is -2.14. The van der Waals surface area contributed by atoms with Crippen LogP contribution in [-0.2, 0) is 4.74 Å². The fourth-order valence-corrected chi connectivity index (χ4v) is 2.07. The van der Waals surface area contributed by atoms with E-state index in [2.05, 4.69) is 0 Å². The van der Waals surface area contributed by atoms with E-state index in [1.807, 2.05) is 4.98 Å². The highest BCUT2D eigenvalue weighted by atomic mass is 19.4. The number of aromatic nitrogens is 2. The van der Waals surface area contributed by atoms with Gasteiger partial charge in [-0.2, -0.15) is 13.2 Å². The predicted molar refractivity (Wildman–Crippen MR) is 68.0 cm³/mol. The Hall–Kier alpha value is -1.91. The first-order valence-electron chi connectivity index (χ1n) is 6.27. The zero-order valence-corrected chi connectivity index (χ0v) is 11.1. The number of ether oxygens (including phenoxy) is 1. The third-order valence-corrected chi connectivity index (χ3v) is 3.14. The molecule has 22 heavy (non-hydrogen) atoms. The second-order valence-corrected chi connectivity index (χ2v) is 4.74. The lowest BCUT2D eigenvalue weighted by molar-refractivity contribution is -0.0790. The lowest BCUT2D eigenvalue weighted by atomic mass is 10.2. The maximum atomic E-state index is 12.1. The molecule has 2 heterocycles. The van der Waals surface area contributed by atoms with E-state index in [4.69, 9.17) is 9.84 Å². The van der Waals surface area contributed by atoms with Gasteiger partial charge in [0.2, 0.25) is 0 Å². The summed E-state index contributed by atoms with van der Waals surface area (Å²) in [6.07, 6.45) is -6.25. The SMILES string of the molecule is O=c1[nH]c(=O)n([C@H]2C[C@H](O)[C@@H](CO)O2)cc1C=CC(F)(F)F. The van der Waals surface area contributed by atoms with Gasteiger partial charge in [-0.25, -0.2) is 4.79 Å². The molecule has 2 rings (SSSR count). The Kier molecular flexibility index (Phi) is 4.54. The molecule has 1 aliphatic rings. The molecule has 3 N–H and O–H groups in total. The minimum Gasteiger partial charge on any atom is -0.394 e. The maximum Gasteiger partial charge on any atom is 0.409 e. The van der Waals surface area contributed by atoms with Gasteiger partial charge in [-0.05, 0) is 6.08 Å². The van der Waals surface area contributed by atoms with E-state index in [0.29, 0.717) is 6.08 Å². The van der Waals surface area contributed by atoms with Gasteiger partial charge in [-0.15, -0.1) is 0 Å². The molecule has 1 saturated heterocycles. The number of rotatable bonds is 3. The van der Waals surface area contributed by atoms with Crippen LogP contribution in [0.1, 0.15) is 18.2 Å². The van der Waals surface area contributed by atoms with E-state index in [1.54, 1.807) is 0 Å². The summed E-state index contributed by atoms with van der Waals surface area (Å²) in [5, 5.41) is 18.6. The summed E-state index contributed by atoms with van der Waals surface area (Å²) in [6, 6.07) is 0. The van der Waals surface area contributed by atoms with E-state index >= 15 is 0 Å². The third-order valence-electron chi connectivity index (χ3n) is 3.14. The fourth-order valence-electron chi connectivity index (χ4n) is 2.07. The van der Waals surface area contributed by atoms with Gasteiger partial charge in [0.1, 0.15) is 12.3 Å². The number of allylic oxidation sites excluding steroid dienone is 1. The highest BCUT2D eigenvalue weighted by molar-refractivity contribution is 5.47. The quantitative estimate of drug-likeness (QED) is 0.712. The number of aromatic amines is 1. The van der Waals surface area contributed by atoms with Crippen molar-refractivity contribution in [2.45, 2.75) is 31.0 Å². The number of nitrogens with one attached hydrogen (secondary N) is 1.